The fourth-order valence-corrected chi connectivity index (χ4v) is 2.31. The number of thiazole rings is 1. The number of amides is 2. The molecule has 0 bridgehead atoms. The van der Waals surface area contributed by atoms with Crippen molar-refractivity contribution in [2.24, 2.45) is 0 Å². The predicted octanol–water partition coefficient (Wildman–Crippen LogP) is 2.09. The molecule has 2 aromatic rings. The van der Waals surface area contributed by atoms with E-state index in [0.29, 0.717) is 11.6 Å². The third-order valence-electron chi connectivity index (χ3n) is 2.96. The zero-order valence-corrected chi connectivity index (χ0v) is 12.8. The summed E-state index contributed by atoms with van der Waals surface area (Å²) < 4.78 is 0. The van der Waals surface area contributed by atoms with Gasteiger partial charge < -0.3 is 10.2 Å². The monoisotopic (exact) mass is 303 g/mol. The highest BCUT2D eigenvalue weighted by molar-refractivity contribution is 7.13. The highest BCUT2D eigenvalue weighted by atomic mass is 32.1. The Hall–Kier alpha value is -2.21. The Bertz CT molecular complexity index is 608. The molecule has 0 saturated heterocycles. The van der Waals surface area contributed by atoms with Gasteiger partial charge in [0.05, 0.1) is 13.0 Å². The maximum absolute atomic E-state index is 12.1. The third-order valence-corrected chi connectivity index (χ3v) is 3.65. The summed E-state index contributed by atoms with van der Waals surface area (Å²) in [6, 6.07) is 7.79. The normalized spacial score (nSPS) is 10.2. The molecule has 6 heteroatoms. The minimum atomic E-state index is -0.246. The molecule has 0 unspecified atom stereocenters. The van der Waals surface area contributed by atoms with Crippen molar-refractivity contribution in [2.75, 3.05) is 18.9 Å². The summed E-state index contributed by atoms with van der Waals surface area (Å²) >= 11 is 1.34. The molecule has 21 heavy (non-hydrogen) atoms. The maximum Gasteiger partial charge on any atom is 0.245 e. The lowest BCUT2D eigenvalue weighted by molar-refractivity contribution is -0.132. The van der Waals surface area contributed by atoms with Crippen LogP contribution in [0.15, 0.2) is 35.8 Å². The average Bonchev–Trinajstić information content (AvgIpc) is 2.94. The summed E-state index contributed by atoms with van der Waals surface area (Å²) in [4.78, 5) is 29.2. The second-order valence-electron chi connectivity index (χ2n) is 4.80. The van der Waals surface area contributed by atoms with Crippen LogP contribution in [-0.2, 0) is 16.0 Å². The lowest BCUT2D eigenvalue weighted by Crippen LogP contribution is -2.35. The average molecular weight is 303 g/mol. The molecule has 1 heterocycles. The van der Waals surface area contributed by atoms with Gasteiger partial charge in [0.15, 0.2) is 5.13 Å². The van der Waals surface area contributed by atoms with E-state index in [9.17, 15) is 9.59 Å². The van der Waals surface area contributed by atoms with Crippen LogP contribution >= 0.6 is 11.3 Å². The van der Waals surface area contributed by atoms with Crippen molar-refractivity contribution in [3.63, 3.8) is 0 Å². The lowest BCUT2D eigenvalue weighted by atomic mass is 10.1. The third kappa shape index (κ3) is 4.68. The van der Waals surface area contributed by atoms with Crippen LogP contribution in [-0.4, -0.2) is 35.3 Å². The van der Waals surface area contributed by atoms with Gasteiger partial charge in [-0.05, 0) is 12.5 Å². The first kappa shape index (κ1) is 15.2. The molecule has 5 nitrogen and oxygen atoms in total. The second-order valence-corrected chi connectivity index (χ2v) is 5.69. The number of carbonyl (C=O) groups excluding carboxylic acids is 2. The molecule has 0 radical (unpaired) electrons. The molecule has 0 aliphatic carbocycles. The molecular formula is C15H17N3O2S. The van der Waals surface area contributed by atoms with E-state index >= 15 is 0 Å². The molecule has 0 aliphatic rings. The fourth-order valence-electron chi connectivity index (χ4n) is 1.76. The molecule has 0 fully saturated rings. The summed E-state index contributed by atoms with van der Waals surface area (Å²) in [6.45, 7) is 2.02. The Morgan fingerprint density at radius 1 is 1.29 bits per heavy atom. The SMILES string of the molecule is Cc1ccc(CC(=O)N(C)CC(=O)Nc2nccs2)cc1. The number of benzene rings is 1. The predicted molar refractivity (Wildman–Crippen MR) is 83.3 cm³/mol. The number of nitrogens with one attached hydrogen (secondary N) is 1. The molecule has 1 N–H and O–H groups in total. The molecule has 2 amide bonds. The van der Waals surface area contributed by atoms with E-state index in [1.165, 1.54) is 16.2 Å². The van der Waals surface area contributed by atoms with E-state index < -0.39 is 0 Å². The standard InChI is InChI=1S/C15H17N3O2S/c1-11-3-5-12(6-4-11)9-14(20)18(2)10-13(19)17-15-16-7-8-21-15/h3-8H,9-10H2,1-2H3,(H,16,17,19). The van der Waals surface area contributed by atoms with Crippen LogP contribution in [0.2, 0.25) is 0 Å². The van der Waals surface area contributed by atoms with Crippen molar-refractivity contribution in [3.05, 3.63) is 47.0 Å². The van der Waals surface area contributed by atoms with Gasteiger partial charge in [0.2, 0.25) is 11.8 Å². The van der Waals surface area contributed by atoms with Gasteiger partial charge in [0.25, 0.3) is 0 Å². The summed E-state index contributed by atoms with van der Waals surface area (Å²) in [5, 5.41) is 4.97. The fraction of sp³-hybridized carbons (Fsp3) is 0.267. The molecule has 0 aliphatic heterocycles. The van der Waals surface area contributed by atoms with Crippen molar-refractivity contribution < 1.29 is 9.59 Å². The van der Waals surface area contributed by atoms with Crippen LogP contribution in [0.5, 0.6) is 0 Å². The van der Waals surface area contributed by atoms with E-state index in [1.807, 2.05) is 31.2 Å². The molecule has 1 aromatic heterocycles. The van der Waals surface area contributed by atoms with Gasteiger partial charge in [0.1, 0.15) is 0 Å². The Balaban J connectivity index is 1.84. The van der Waals surface area contributed by atoms with Gasteiger partial charge >= 0.3 is 0 Å². The van der Waals surface area contributed by atoms with Crippen molar-refractivity contribution in [2.45, 2.75) is 13.3 Å². The van der Waals surface area contributed by atoms with Gasteiger partial charge in [-0.3, -0.25) is 9.59 Å². The highest BCUT2D eigenvalue weighted by Gasteiger charge is 2.14. The number of aryl methyl sites for hydroxylation is 1. The first-order valence-electron chi connectivity index (χ1n) is 6.53. The molecule has 1 aromatic carbocycles. The Kier molecular flexibility index (Phi) is 5.05. The lowest BCUT2D eigenvalue weighted by Gasteiger charge is -2.16. The first-order valence-corrected chi connectivity index (χ1v) is 7.41. The Morgan fingerprint density at radius 3 is 2.62 bits per heavy atom. The van der Waals surface area contributed by atoms with Crippen LogP contribution in [0.3, 0.4) is 0 Å². The van der Waals surface area contributed by atoms with Gasteiger partial charge in [-0.2, -0.15) is 0 Å². The molecule has 0 saturated carbocycles. The quantitative estimate of drug-likeness (QED) is 0.920. The zero-order valence-electron chi connectivity index (χ0n) is 12.0. The molecule has 110 valence electrons. The topological polar surface area (TPSA) is 62.3 Å². The Morgan fingerprint density at radius 2 is 2.00 bits per heavy atom. The van der Waals surface area contributed by atoms with Gasteiger partial charge in [0, 0.05) is 18.6 Å². The van der Waals surface area contributed by atoms with E-state index in [4.69, 9.17) is 0 Å². The van der Waals surface area contributed by atoms with Crippen molar-refractivity contribution in [1.29, 1.82) is 0 Å². The number of hydrogen-bond acceptors (Lipinski definition) is 4. The van der Waals surface area contributed by atoms with Gasteiger partial charge in [-0.25, -0.2) is 4.98 Å². The van der Waals surface area contributed by atoms with Crippen LogP contribution in [0, 0.1) is 6.92 Å². The zero-order chi connectivity index (χ0) is 15.2. The van der Waals surface area contributed by atoms with E-state index in [0.717, 1.165) is 11.1 Å². The molecule has 0 spiro atoms. The summed E-state index contributed by atoms with van der Waals surface area (Å²) in [7, 11) is 1.62. The smallest absolute Gasteiger partial charge is 0.245 e. The second kappa shape index (κ2) is 6.99. The number of hydrogen-bond donors (Lipinski definition) is 1. The van der Waals surface area contributed by atoms with Crippen LogP contribution < -0.4 is 5.32 Å². The number of aromatic nitrogens is 1. The van der Waals surface area contributed by atoms with E-state index in [1.54, 1.807) is 18.6 Å². The molecule has 2 rings (SSSR count). The first-order chi connectivity index (χ1) is 10.0. The van der Waals surface area contributed by atoms with Crippen molar-refractivity contribution in [3.8, 4) is 0 Å². The van der Waals surface area contributed by atoms with Crippen LogP contribution in [0.4, 0.5) is 5.13 Å². The Labute approximate surface area is 127 Å². The number of rotatable bonds is 5. The van der Waals surface area contributed by atoms with E-state index in [-0.39, 0.29) is 18.4 Å². The van der Waals surface area contributed by atoms with Crippen molar-refractivity contribution in [1.82, 2.24) is 9.88 Å². The van der Waals surface area contributed by atoms with Crippen LogP contribution in [0.1, 0.15) is 11.1 Å². The number of carbonyl (C=O) groups is 2. The minimum Gasteiger partial charge on any atom is -0.336 e. The maximum atomic E-state index is 12.1. The minimum absolute atomic E-state index is 0.0181. The molecular weight excluding hydrogens is 286 g/mol. The summed E-state index contributed by atoms with van der Waals surface area (Å²) in [6.07, 6.45) is 1.91. The largest absolute Gasteiger partial charge is 0.336 e. The summed E-state index contributed by atoms with van der Waals surface area (Å²) in [5.74, 6) is -0.335. The van der Waals surface area contributed by atoms with Crippen LogP contribution in [0.25, 0.3) is 0 Å². The molecule has 0 atom stereocenters. The summed E-state index contributed by atoms with van der Waals surface area (Å²) in [5.41, 5.74) is 2.10. The van der Waals surface area contributed by atoms with Gasteiger partial charge in [-0.15, -0.1) is 11.3 Å². The number of nitrogens with zero attached hydrogens (tertiary/aromatic N) is 2. The number of likely N-dealkylation sites (N-methyl/N-ethyl adjacent to an activating group) is 1. The van der Waals surface area contributed by atoms with E-state index in [2.05, 4.69) is 10.3 Å². The van der Waals surface area contributed by atoms with Crippen molar-refractivity contribution >= 4 is 28.3 Å². The highest BCUT2D eigenvalue weighted by Crippen LogP contribution is 2.10. The van der Waals surface area contributed by atoms with Gasteiger partial charge in [-0.1, -0.05) is 29.8 Å². The number of anilines is 1.